The SMILES string of the molecule is CCNC(=O)NC(=O)[C@H](Sc1nnc(NCc2ccco2)s1)c1ccccc1. The number of furan rings is 1. The van der Waals surface area contributed by atoms with Crippen LogP contribution >= 0.6 is 23.1 Å². The van der Waals surface area contributed by atoms with Gasteiger partial charge in [0, 0.05) is 6.54 Å². The van der Waals surface area contributed by atoms with Gasteiger partial charge in [0.2, 0.25) is 11.0 Å². The summed E-state index contributed by atoms with van der Waals surface area (Å²) in [7, 11) is 0. The first-order chi connectivity index (χ1) is 13.7. The van der Waals surface area contributed by atoms with Crippen molar-refractivity contribution in [3.8, 4) is 0 Å². The largest absolute Gasteiger partial charge is 0.467 e. The first-order valence-corrected chi connectivity index (χ1v) is 10.3. The van der Waals surface area contributed by atoms with E-state index in [-0.39, 0.29) is 0 Å². The second-order valence-electron chi connectivity index (χ2n) is 5.56. The van der Waals surface area contributed by atoms with Gasteiger partial charge < -0.3 is 15.1 Å². The molecule has 1 aromatic carbocycles. The summed E-state index contributed by atoms with van der Waals surface area (Å²) in [5.74, 6) is 0.371. The van der Waals surface area contributed by atoms with Gasteiger partial charge in [0.05, 0.1) is 12.8 Å². The minimum Gasteiger partial charge on any atom is -0.467 e. The van der Waals surface area contributed by atoms with Crippen molar-refractivity contribution >= 4 is 40.2 Å². The molecule has 3 aromatic rings. The van der Waals surface area contributed by atoms with Crippen LogP contribution in [0.1, 0.15) is 23.5 Å². The maximum Gasteiger partial charge on any atom is 0.321 e. The number of carbonyl (C=O) groups excluding carboxylic acids is 2. The van der Waals surface area contributed by atoms with Crippen LogP contribution in [0.25, 0.3) is 0 Å². The number of thioether (sulfide) groups is 1. The summed E-state index contributed by atoms with van der Waals surface area (Å²) in [4.78, 5) is 24.4. The number of hydrogen-bond donors (Lipinski definition) is 3. The van der Waals surface area contributed by atoms with E-state index in [1.54, 1.807) is 13.2 Å². The fourth-order valence-corrected chi connectivity index (χ4v) is 4.23. The third-order valence-corrected chi connectivity index (χ3v) is 5.75. The number of aromatic nitrogens is 2. The summed E-state index contributed by atoms with van der Waals surface area (Å²) in [5, 5.41) is 16.3. The molecule has 0 radical (unpaired) electrons. The molecule has 0 saturated heterocycles. The summed E-state index contributed by atoms with van der Waals surface area (Å²) in [6.07, 6.45) is 1.61. The van der Waals surface area contributed by atoms with Crippen molar-refractivity contribution in [3.05, 3.63) is 60.1 Å². The molecule has 0 unspecified atom stereocenters. The molecule has 0 saturated carbocycles. The van der Waals surface area contributed by atoms with Crippen LogP contribution in [0, 0.1) is 0 Å². The Bertz CT molecular complexity index is 899. The molecule has 8 nitrogen and oxygen atoms in total. The standard InChI is InChI=1S/C18H19N5O3S2/c1-2-19-16(25)21-15(24)14(12-7-4-3-5-8-12)27-18-23-22-17(28-18)20-11-13-9-6-10-26-13/h3-10,14H,2,11H2,1H3,(H,20,22)(H2,19,21,24,25)/t14-/m1/s1. The molecule has 2 heterocycles. The van der Waals surface area contributed by atoms with E-state index < -0.39 is 17.2 Å². The van der Waals surface area contributed by atoms with Crippen LogP contribution in [0.15, 0.2) is 57.5 Å². The number of hydrogen-bond acceptors (Lipinski definition) is 8. The zero-order chi connectivity index (χ0) is 19.8. The highest BCUT2D eigenvalue weighted by Gasteiger charge is 2.25. The maximum atomic E-state index is 12.7. The Morgan fingerprint density at radius 3 is 2.71 bits per heavy atom. The number of benzene rings is 1. The Balaban J connectivity index is 1.69. The number of carbonyl (C=O) groups is 2. The molecule has 0 aliphatic rings. The minimum absolute atomic E-state index is 0.414. The lowest BCUT2D eigenvalue weighted by Crippen LogP contribution is -2.41. The Morgan fingerprint density at radius 1 is 1.18 bits per heavy atom. The van der Waals surface area contributed by atoms with Crippen molar-refractivity contribution in [2.75, 3.05) is 11.9 Å². The number of imide groups is 1. The van der Waals surface area contributed by atoms with Crippen LogP contribution < -0.4 is 16.0 Å². The van der Waals surface area contributed by atoms with Crippen molar-refractivity contribution in [1.82, 2.24) is 20.8 Å². The van der Waals surface area contributed by atoms with Gasteiger partial charge in [-0.15, -0.1) is 10.2 Å². The van der Waals surface area contributed by atoms with Crippen molar-refractivity contribution in [2.45, 2.75) is 23.1 Å². The predicted molar refractivity (Wildman–Crippen MR) is 108 cm³/mol. The van der Waals surface area contributed by atoms with Gasteiger partial charge in [0.15, 0.2) is 4.34 Å². The summed E-state index contributed by atoms with van der Waals surface area (Å²) in [6, 6.07) is 12.4. The molecule has 10 heteroatoms. The molecule has 1 atom stereocenters. The first-order valence-electron chi connectivity index (χ1n) is 8.55. The van der Waals surface area contributed by atoms with Gasteiger partial charge in [0.1, 0.15) is 11.0 Å². The molecule has 0 fully saturated rings. The van der Waals surface area contributed by atoms with Gasteiger partial charge >= 0.3 is 6.03 Å². The monoisotopic (exact) mass is 417 g/mol. The van der Waals surface area contributed by atoms with E-state index in [0.717, 1.165) is 11.3 Å². The molecule has 3 amide bonds. The summed E-state index contributed by atoms with van der Waals surface area (Å²) in [5.41, 5.74) is 0.773. The van der Waals surface area contributed by atoms with Gasteiger partial charge in [-0.3, -0.25) is 10.1 Å². The number of nitrogens with one attached hydrogen (secondary N) is 3. The van der Waals surface area contributed by atoms with E-state index in [9.17, 15) is 9.59 Å². The fraction of sp³-hybridized carbons (Fsp3) is 0.222. The third kappa shape index (κ3) is 5.57. The highest BCUT2D eigenvalue weighted by atomic mass is 32.2. The number of anilines is 1. The lowest BCUT2D eigenvalue weighted by Gasteiger charge is -2.15. The molecule has 146 valence electrons. The Morgan fingerprint density at radius 2 is 2.00 bits per heavy atom. The predicted octanol–water partition coefficient (Wildman–Crippen LogP) is 3.42. The molecule has 0 spiro atoms. The van der Waals surface area contributed by atoms with Crippen molar-refractivity contribution in [2.24, 2.45) is 0 Å². The van der Waals surface area contributed by atoms with E-state index in [4.69, 9.17) is 4.42 Å². The van der Waals surface area contributed by atoms with Crippen molar-refractivity contribution < 1.29 is 14.0 Å². The van der Waals surface area contributed by atoms with Crippen LogP contribution in [0.3, 0.4) is 0 Å². The van der Waals surface area contributed by atoms with E-state index >= 15 is 0 Å². The lowest BCUT2D eigenvalue weighted by molar-refractivity contribution is -0.119. The normalized spacial score (nSPS) is 11.6. The lowest BCUT2D eigenvalue weighted by atomic mass is 10.1. The molecular formula is C18H19N5O3S2. The Kier molecular flexibility index (Phi) is 7.04. The van der Waals surface area contributed by atoms with Gasteiger partial charge in [-0.25, -0.2) is 4.79 Å². The maximum absolute atomic E-state index is 12.7. The highest BCUT2D eigenvalue weighted by Crippen LogP contribution is 2.38. The summed E-state index contributed by atoms with van der Waals surface area (Å²) >= 11 is 2.58. The van der Waals surface area contributed by atoms with Crippen molar-refractivity contribution in [1.29, 1.82) is 0 Å². The van der Waals surface area contributed by atoms with E-state index in [1.165, 1.54) is 23.1 Å². The van der Waals surface area contributed by atoms with Gasteiger partial charge in [0.25, 0.3) is 0 Å². The highest BCUT2D eigenvalue weighted by molar-refractivity contribution is 8.01. The van der Waals surface area contributed by atoms with Crippen LogP contribution in [0.4, 0.5) is 9.93 Å². The molecule has 0 bridgehead atoms. The zero-order valence-electron chi connectivity index (χ0n) is 15.0. The molecular weight excluding hydrogens is 398 g/mol. The van der Waals surface area contributed by atoms with Crippen LogP contribution in [-0.4, -0.2) is 28.7 Å². The molecule has 3 N–H and O–H groups in total. The minimum atomic E-state index is -0.630. The fourth-order valence-electron chi connectivity index (χ4n) is 2.29. The van der Waals surface area contributed by atoms with Crippen LogP contribution in [0.5, 0.6) is 0 Å². The number of amides is 3. The summed E-state index contributed by atoms with van der Waals surface area (Å²) < 4.78 is 5.88. The topological polar surface area (TPSA) is 109 Å². The number of urea groups is 1. The smallest absolute Gasteiger partial charge is 0.321 e. The Hall–Kier alpha value is -2.85. The van der Waals surface area contributed by atoms with Crippen LogP contribution in [0.2, 0.25) is 0 Å². The molecule has 0 aliphatic carbocycles. The zero-order valence-corrected chi connectivity index (χ0v) is 16.7. The molecule has 3 rings (SSSR count). The molecule has 2 aromatic heterocycles. The van der Waals surface area contributed by atoms with Gasteiger partial charge in [-0.05, 0) is 24.6 Å². The van der Waals surface area contributed by atoms with Crippen molar-refractivity contribution in [3.63, 3.8) is 0 Å². The molecule has 28 heavy (non-hydrogen) atoms. The quantitative estimate of drug-likeness (QED) is 0.482. The van der Waals surface area contributed by atoms with E-state index in [0.29, 0.717) is 22.6 Å². The second kappa shape index (κ2) is 9.90. The number of nitrogens with zero attached hydrogens (tertiary/aromatic N) is 2. The first kappa shape index (κ1) is 19.9. The second-order valence-corrected chi connectivity index (χ2v) is 7.89. The van der Waals surface area contributed by atoms with Crippen LogP contribution in [-0.2, 0) is 11.3 Å². The third-order valence-electron chi connectivity index (χ3n) is 3.53. The van der Waals surface area contributed by atoms with E-state index in [1.807, 2.05) is 42.5 Å². The van der Waals surface area contributed by atoms with Gasteiger partial charge in [-0.1, -0.05) is 53.4 Å². The molecule has 0 aliphatic heterocycles. The van der Waals surface area contributed by atoms with E-state index in [2.05, 4.69) is 26.1 Å². The average Bonchev–Trinajstić information content (AvgIpc) is 3.37. The summed E-state index contributed by atoms with van der Waals surface area (Å²) in [6.45, 7) is 2.71. The number of rotatable bonds is 8. The Labute approximate surface area is 170 Å². The average molecular weight is 418 g/mol. The van der Waals surface area contributed by atoms with Gasteiger partial charge in [-0.2, -0.15) is 0 Å².